The number of halogens is 3. The minimum Gasteiger partial charge on any atom is -0.507 e. The topological polar surface area (TPSA) is 66.4 Å². The standard InChI is InChI=1S/C25H24F3NO3.H2/c26-25(27,28)20-14-18(29-17-6-2-1-3-7-17)11-9-16(20)13-22(31)19-12-10-15-5-4-8-21(30)23(15)24(19)32;/h4-5,8-9,11-12,14,17,29-30H,1-3,6-7,10,13H2;1H. The summed E-state index contributed by atoms with van der Waals surface area (Å²) in [4.78, 5) is 25.6. The Bertz CT molecular complexity index is 1090. The first-order chi connectivity index (χ1) is 15.2. The molecule has 2 aliphatic rings. The van der Waals surface area contributed by atoms with Gasteiger partial charge in [-0.05, 0) is 48.6 Å². The Morgan fingerprint density at radius 2 is 1.88 bits per heavy atom. The molecule has 2 aliphatic carbocycles. The number of carbonyl (C=O) groups excluding carboxylic acids is 2. The third-order valence-electron chi connectivity index (χ3n) is 6.17. The normalized spacial score (nSPS) is 17.0. The number of ketones is 2. The lowest BCUT2D eigenvalue weighted by atomic mass is 9.86. The molecule has 0 atom stereocenters. The van der Waals surface area contributed by atoms with E-state index in [1.165, 1.54) is 18.2 Å². The third-order valence-corrected chi connectivity index (χ3v) is 6.17. The summed E-state index contributed by atoms with van der Waals surface area (Å²) in [6.45, 7) is 0. The molecule has 7 heteroatoms. The fourth-order valence-electron chi connectivity index (χ4n) is 4.53. The molecule has 0 bridgehead atoms. The lowest BCUT2D eigenvalue weighted by Crippen LogP contribution is -2.23. The zero-order valence-corrected chi connectivity index (χ0v) is 17.5. The number of aromatic hydroxyl groups is 1. The molecule has 1 fully saturated rings. The smallest absolute Gasteiger partial charge is 0.416 e. The number of fused-ring (bicyclic) bond motifs is 1. The number of anilines is 1. The highest BCUT2D eigenvalue weighted by atomic mass is 19.4. The van der Waals surface area contributed by atoms with E-state index in [0.717, 1.165) is 38.2 Å². The average molecular weight is 445 g/mol. The number of Topliss-reactive ketones (excluding diaryl/α,β-unsaturated/α-hetero) is 2. The number of benzene rings is 2. The first-order valence-electron chi connectivity index (χ1n) is 10.8. The van der Waals surface area contributed by atoms with Gasteiger partial charge in [-0.25, -0.2) is 0 Å². The van der Waals surface area contributed by atoms with Gasteiger partial charge in [0.25, 0.3) is 0 Å². The highest BCUT2D eigenvalue weighted by Gasteiger charge is 2.35. The Balaban J connectivity index is 0.00000306. The van der Waals surface area contributed by atoms with Crippen LogP contribution < -0.4 is 5.32 Å². The molecule has 0 spiro atoms. The van der Waals surface area contributed by atoms with Gasteiger partial charge in [0.2, 0.25) is 0 Å². The predicted octanol–water partition coefficient (Wildman–Crippen LogP) is 5.88. The van der Waals surface area contributed by atoms with Crippen LogP contribution in [0.3, 0.4) is 0 Å². The molecule has 4 rings (SSSR count). The molecule has 2 aromatic rings. The van der Waals surface area contributed by atoms with E-state index in [1.807, 2.05) is 0 Å². The molecule has 2 N–H and O–H groups in total. The van der Waals surface area contributed by atoms with Gasteiger partial charge in [0, 0.05) is 19.6 Å². The fraction of sp³-hybridized carbons (Fsp3) is 0.360. The molecule has 0 saturated heterocycles. The fourth-order valence-corrected chi connectivity index (χ4v) is 4.53. The summed E-state index contributed by atoms with van der Waals surface area (Å²) in [5.41, 5.74) is -0.224. The molecule has 1 saturated carbocycles. The Labute approximate surface area is 185 Å². The number of phenols is 1. The molecule has 0 aromatic heterocycles. The lowest BCUT2D eigenvalue weighted by molar-refractivity contribution is -0.138. The highest BCUT2D eigenvalue weighted by molar-refractivity contribution is 6.28. The minimum atomic E-state index is -4.63. The van der Waals surface area contributed by atoms with Gasteiger partial charge in [0.05, 0.1) is 16.7 Å². The van der Waals surface area contributed by atoms with E-state index in [1.54, 1.807) is 18.2 Å². The molecule has 170 valence electrons. The zero-order chi connectivity index (χ0) is 22.9. The summed E-state index contributed by atoms with van der Waals surface area (Å²) in [6, 6.07) is 8.69. The van der Waals surface area contributed by atoms with E-state index < -0.39 is 29.7 Å². The summed E-state index contributed by atoms with van der Waals surface area (Å²) in [5.74, 6) is -1.58. The largest absolute Gasteiger partial charge is 0.507 e. The number of hydrogen-bond donors (Lipinski definition) is 2. The van der Waals surface area contributed by atoms with Gasteiger partial charge in [-0.1, -0.05) is 43.5 Å². The number of rotatable bonds is 5. The number of carbonyl (C=O) groups is 2. The van der Waals surface area contributed by atoms with Gasteiger partial charge in [-0.3, -0.25) is 9.59 Å². The van der Waals surface area contributed by atoms with Crippen LogP contribution in [-0.2, 0) is 23.8 Å². The molecular weight excluding hydrogens is 419 g/mol. The molecule has 0 unspecified atom stereocenters. The summed E-state index contributed by atoms with van der Waals surface area (Å²) in [6.07, 6.45) is 1.61. The summed E-state index contributed by atoms with van der Waals surface area (Å²) < 4.78 is 41.3. The predicted molar refractivity (Wildman–Crippen MR) is 117 cm³/mol. The van der Waals surface area contributed by atoms with Crippen LogP contribution in [-0.4, -0.2) is 22.7 Å². The summed E-state index contributed by atoms with van der Waals surface area (Å²) in [5, 5.41) is 13.2. The van der Waals surface area contributed by atoms with Crippen LogP contribution in [0.2, 0.25) is 0 Å². The quantitative estimate of drug-likeness (QED) is 0.564. The number of hydrogen-bond acceptors (Lipinski definition) is 4. The molecule has 0 aliphatic heterocycles. The van der Waals surface area contributed by atoms with Crippen LogP contribution in [0.4, 0.5) is 18.9 Å². The molecule has 0 amide bonds. The van der Waals surface area contributed by atoms with Crippen LogP contribution in [0.15, 0.2) is 48.0 Å². The van der Waals surface area contributed by atoms with Crippen molar-refractivity contribution in [3.63, 3.8) is 0 Å². The average Bonchev–Trinajstić information content (AvgIpc) is 2.75. The van der Waals surface area contributed by atoms with Crippen LogP contribution in [0.5, 0.6) is 5.75 Å². The van der Waals surface area contributed by atoms with Gasteiger partial charge < -0.3 is 10.4 Å². The molecule has 2 aromatic carbocycles. The van der Waals surface area contributed by atoms with Crippen LogP contribution in [0.25, 0.3) is 0 Å². The van der Waals surface area contributed by atoms with Gasteiger partial charge in [0.15, 0.2) is 11.6 Å². The van der Waals surface area contributed by atoms with Crippen molar-refractivity contribution in [2.24, 2.45) is 0 Å². The SMILES string of the molecule is O=C(Cc1ccc(NC2CCCCC2)cc1C(F)(F)F)C1=CCc2cccc(O)c2C1=O.[HH]. The van der Waals surface area contributed by atoms with E-state index in [-0.39, 0.29) is 36.3 Å². The zero-order valence-electron chi connectivity index (χ0n) is 17.5. The van der Waals surface area contributed by atoms with Gasteiger partial charge in [-0.15, -0.1) is 0 Å². The Hall–Kier alpha value is -3.09. The monoisotopic (exact) mass is 445 g/mol. The minimum absolute atomic E-state index is 0. The Morgan fingerprint density at radius 3 is 2.59 bits per heavy atom. The second-order valence-corrected chi connectivity index (χ2v) is 8.41. The maximum atomic E-state index is 13.8. The van der Waals surface area contributed by atoms with E-state index in [2.05, 4.69) is 5.32 Å². The van der Waals surface area contributed by atoms with E-state index in [9.17, 15) is 27.9 Å². The van der Waals surface area contributed by atoms with Crippen molar-refractivity contribution in [1.29, 1.82) is 0 Å². The lowest BCUT2D eigenvalue weighted by Gasteiger charge is -2.25. The van der Waals surface area contributed by atoms with E-state index in [4.69, 9.17) is 0 Å². The van der Waals surface area contributed by atoms with Crippen LogP contribution in [0, 0.1) is 0 Å². The van der Waals surface area contributed by atoms with E-state index >= 15 is 0 Å². The van der Waals surface area contributed by atoms with Gasteiger partial charge >= 0.3 is 6.18 Å². The highest BCUT2D eigenvalue weighted by Crippen LogP contribution is 2.36. The van der Waals surface area contributed by atoms with Crippen molar-refractivity contribution >= 4 is 17.3 Å². The van der Waals surface area contributed by atoms with Gasteiger partial charge in [-0.2, -0.15) is 13.2 Å². The van der Waals surface area contributed by atoms with Crippen LogP contribution in [0.1, 0.15) is 60.6 Å². The second-order valence-electron chi connectivity index (χ2n) is 8.41. The van der Waals surface area contributed by atoms with Crippen molar-refractivity contribution < 1.29 is 29.3 Å². The first-order valence-corrected chi connectivity index (χ1v) is 10.8. The summed E-state index contributed by atoms with van der Waals surface area (Å²) >= 11 is 0. The van der Waals surface area contributed by atoms with Crippen molar-refractivity contribution in [1.82, 2.24) is 0 Å². The molecule has 0 heterocycles. The number of nitrogens with one attached hydrogen (secondary N) is 1. The Kier molecular flexibility index (Phi) is 6.09. The van der Waals surface area contributed by atoms with Gasteiger partial charge in [0.1, 0.15) is 5.75 Å². The number of alkyl halides is 3. The molecular formula is C25H26F3NO3. The molecule has 4 nitrogen and oxygen atoms in total. The van der Waals surface area contributed by atoms with Crippen LogP contribution >= 0.6 is 0 Å². The van der Waals surface area contributed by atoms with E-state index in [0.29, 0.717) is 11.3 Å². The molecule has 32 heavy (non-hydrogen) atoms. The molecule has 0 radical (unpaired) electrons. The summed E-state index contributed by atoms with van der Waals surface area (Å²) in [7, 11) is 0. The van der Waals surface area contributed by atoms with Crippen molar-refractivity contribution in [2.45, 2.75) is 57.2 Å². The first kappa shape index (κ1) is 22.1. The third kappa shape index (κ3) is 4.56. The number of allylic oxidation sites excluding steroid dienone is 2. The maximum Gasteiger partial charge on any atom is 0.416 e. The second kappa shape index (κ2) is 8.81. The number of phenolic OH excluding ortho intramolecular Hbond substituents is 1. The maximum absolute atomic E-state index is 13.8. The van der Waals surface area contributed by atoms with Crippen molar-refractivity contribution in [3.8, 4) is 5.75 Å². The Morgan fingerprint density at radius 1 is 1.12 bits per heavy atom. The van der Waals surface area contributed by atoms with Crippen molar-refractivity contribution in [3.05, 3.63) is 70.3 Å². The van der Waals surface area contributed by atoms with Crippen molar-refractivity contribution in [2.75, 3.05) is 5.32 Å².